The molecule has 0 bridgehead atoms. The molecule has 1 N–H and O–H groups in total. The van der Waals surface area contributed by atoms with Gasteiger partial charge in [0.1, 0.15) is 16.5 Å². The molecule has 3 heterocycles. The number of nitrogens with zero attached hydrogens (tertiary/aromatic N) is 3. The molecule has 1 aliphatic carbocycles. The third-order valence-corrected chi connectivity index (χ3v) is 6.23. The predicted octanol–water partition coefficient (Wildman–Crippen LogP) is 3.25. The van der Waals surface area contributed by atoms with Crippen molar-refractivity contribution < 1.29 is 4.74 Å². The number of morpholine rings is 1. The maximum absolute atomic E-state index is 5.45. The van der Waals surface area contributed by atoms with Gasteiger partial charge in [0.2, 0.25) is 0 Å². The van der Waals surface area contributed by atoms with Crippen LogP contribution in [0.3, 0.4) is 0 Å². The molecule has 134 valence electrons. The van der Waals surface area contributed by atoms with Crippen LogP contribution in [0.15, 0.2) is 12.7 Å². The summed E-state index contributed by atoms with van der Waals surface area (Å²) in [7, 11) is 0. The minimum atomic E-state index is 0.726. The van der Waals surface area contributed by atoms with Crippen LogP contribution in [-0.2, 0) is 24.1 Å². The normalized spacial score (nSPS) is 21.2. The van der Waals surface area contributed by atoms with Crippen LogP contribution in [0, 0.1) is 5.92 Å². The Kier molecular flexibility index (Phi) is 5.01. The Hall–Kier alpha value is -1.50. The molecule has 4 rings (SSSR count). The molecular formula is C19H26N4OS. The summed E-state index contributed by atoms with van der Waals surface area (Å²) in [6, 6.07) is 0. The largest absolute Gasteiger partial charge is 0.379 e. The van der Waals surface area contributed by atoms with Gasteiger partial charge in [-0.3, -0.25) is 4.90 Å². The van der Waals surface area contributed by atoms with Crippen molar-refractivity contribution in [3.05, 3.63) is 28.9 Å². The van der Waals surface area contributed by atoms with Crippen molar-refractivity contribution in [2.75, 3.05) is 38.2 Å². The average Bonchev–Trinajstić information content (AvgIpc) is 2.97. The van der Waals surface area contributed by atoms with Crippen molar-refractivity contribution >= 4 is 27.4 Å². The van der Waals surface area contributed by atoms with Crippen molar-refractivity contribution in [3.63, 3.8) is 0 Å². The minimum Gasteiger partial charge on any atom is -0.379 e. The highest BCUT2D eigenvalue weighted by atomic mass is 32.1. The van der Waals surface area contributed by atoms with E-state index in [-0.39, 0.29) is 0 Å². The Morgan fingerprint density at radius 3 is 3.00 bits per heavy atom. The molecule has 2 aliphatic rings. The lowest BCUT2D eigenvalue weighted by Gasteiger charge is -2.25. The molecule has 5 nitrogen and oxygen atoms in total. The van der Waals surface area contributed by atoms with Gasteiger partial charge in [0, 0.05) is 24.5 Å². The van der Waals surface area contributed by atoms with E-state index in [1.807, 2.05) is 17.4 Å². The third kappa shape index (κ3) is 3.57. The highest BCUT2D eigenvalue weighted by Gasteiger charge is 2.24. The summed E-state index contributed by atoms with van der Waals surface area (Å²) in [6.07, 6.45) is 5.47. The van der Waals surface area contributed by atoms with Crippen LogP contribution >= 0.6 is 11.3 Å². The van der Waals surface area contributed by atoms with E-state index >= 15 is 0 Å². The zero-order valence-electron chi connectivity index (χ0n) is 14.9. The van der Waals surface area contributed by atoms with Crippen molar-refractivity contribution in [1.82, 2.24) is 14.9 Å². The molecule has 6 heteroatoms. The van der Waals surface area contributed by atoms with Gasteiger partial charge >= 0.3 is 0 Å². The average molecular weight is 359 g/mol. The standard InChI is InChI=1S/C19H26N4OS/c1-3-6-20-18-17-14-5-4-13(2)11-15(14)25-19(17)22-16(21-18)12-23-7-9-24-10-8-23/h3,13H,1,4-12H2,2H3,(H,20,21,22)/t13-/m1/s1. The Morgan fingerprint density at radius 1 is 1.36 bits per heavy atom. The number of rotatable bonds is 5. The molecule has 1 fully saturated rings. The molecule has 0 spiro atoms. The molecule has 2 aromatic rings. The quantitative estimate of drug-likeness (QED) is 0.832. The van der Waals surface area contributed by atoms with Gasteiger partial charge in [0.05, 0.1) is 25.1 Å². The van der Waals surface area contributed by atoms with Crippen LogP contribution in [0.25, 0.3) is 10.2 Å². The summed E-state index contributed by atoms with van der Waals surface area (Å²) in [4.78, 5) is 14.8. The number of fused-ring (bicyclic) bond motifs is 3. The molecule has 1 atom stereocenters. The first-order valence-electron chi connectivity index (χ1n) is 9.20. The number of aromatic nitrogens is 2. The molecule has 2 aromatic heterocycles. The van der Waals surface area contributed by atoms with Crippen LogP contribution in [0.1, 0.15) is 29.6 Å². The third-order valence-electron chi connectivity index (χ3n) is 5.08. The van der Waals surface area contributed by atoms with E-state index in [9.17, 15) is 0 Å². The van der Waals surface area contributed by atoms with Crippen molar-refractivity contribution in [2.24, 2.45) is 5.92 Å². The monoisotopic (exact) mass is 358 g/mol. The van der Waals surface area contributed by atoms with Gasteiger partial charge in [-0.25, -0.2) is 9.97 Å². The lowest BCUT2D eigenvalue weighted by molar-refractivity contribution is 0.0331. The summed E-state index contributed by atoms with van der Waals surface area (Å²) < 4.78 is 5.45. The molecule has 1 aliphatic heterocycles. The Bertz CT molecular complexity index is 766. The molecule has 1 saturated heterocycles. The van der Waals surface area contributed by atoms with E-state index in [2.05, 4.69) is 23.7 Å². The number of anilines is 1. The lowest BCUT2D eigenvalue weighted by atomic mass is 9.89. The fourth-order valence-corrected chi connectivity index (χ4v) is 5.11. The topological polar surface area (TPSA) is 50.3 Å². The van der Waals surface area contributed by atoms with Crippen molar-refractivity contribution in [2.45, 2.75) is 32.7 Å². The first-order chi connectivity index (χ1) is 12.2. The molecule has 0 radical (unpaired) electrons. The fraction of sp³-hybridized carbons (Fsp3) is 0.579. The highest BCUT2D eigenvalue weighted by molar-refractivity contribution is 7.19. The molecule has 0 unspecified atom stereocenters. The number of thiophene rings is 1. The first-order valence-corrected chi connectivity index (χ1v) is 10.0. The zero-order valence-corrected chi connectivity index (χ0v) is 15.7. The minimum absolute atomic E-state index is 0.726. The predicted molar refractivity (Wildman–Crippen MR) is 103 cm³/mol. The van der Waals surface area contributed by atoms with E-state index < -0.39 is 0 Å². The maximum atomic E-state index is 5.45. The van der Waals surface area contributed by atoms with Gasteiger partial charge in [0.15, 0.2) is 0 Å². The number of nitrogens with one attached hydrogen (secondary N) is 1. The second kappa shape index (κ2) is 7.40. The molecule has 0 amide bonds. The molecule has 25 heavy (non-hydrogen) atoms. The highest BCUT2D eigenvalue weighted by Crippen LogP contribution is 2.40. The number of aryl methyl sites for hydroxylation is 1. The van der Waals surface area contributed by atoms with Crippen LogP contribution < -0.4 is 5.32 Å². The van der Waals surface area contributed by atoms with Gasteiger partial charge < -0.3 is 10.1 Å². The molecular weight excluding hydrogens is 332 g/mol. The Morgan fingerprint density at radius 2 is 2.20 bits per heavy atom. The smallest absolute Gasteiger partial charge is 0.146 e. The lowest BCUT2D eigenvalue weighted by Crippen LogP contribution is -2.36. The van der Waals surface area contributed by atoms with Crippen LogP contribution in [0.5, 0.6) is 0 Å². The Labute approximate surface area is 153 Å². The fourth-order valence-electron chi connectivity index (χ4n) is 3.71. The van der Waals surface area contributed by atoms with Gasteiger partial charge in [-0.05, 0) is 30.7 Å². The van der Waals surface area contributed by atoms with E-state index in [0.717, 1.165) is 68.2 Å². The summed E-state index contributed by atoms with van der Waals surface area (Å²) in [5.41, 5.74) is 1.47. The van der Waals surface area contributed by atoms with Crippen molar-refractivity contribution in [1.29, 1.82) is 0 Å². The Balaban J connectivity index is 1.71. The zero-order chi connectivity index (χ0) is 17.2. The van der Waals surface area contributed by atoms with E-state index in [1.165, 1.54) is 28.7 Å². The number of hydrogen-bond donors (Lipinski definition) is 1. The number of hydrogen-bond acceptors (Lipinski definition) is 6. The van der Waals surface area contributed by atoms with Crippen molar-refractivity contribution in [3.8, 4) is 0 Å². The van der Waals surface area contributed by atoms with Gasteiger partial charge in [0.25, 0.3) is 0 Å². The second-order valence-electron chi connectivity index (χ2n) is 7.08. The summed E-state index contributed by atoms with van der Waals surface area (Å²) >= 11 is 1.87. The summed E-state index contributed by atoms with van der Waals surface area (Å²) in [5, 5.41) is 4.71. The van der Waals surface area contributed by atoms with E-state index in [4.69, 9.17) is 14.7 Å². The van der Waals surface area contributed by atoms with Gasteiger partial charge in [-0.15, -0.1) is 17.9 Å². The SMILES string of the molecule is C=CCNc1nc(CN2CCOCC2)nc2sc3c(c12)CC[C@@H](C)C3. The van der Waals surface area contributed by atoms with Crippen LogP contribution in [0.4, 0.5) is 5.82 Å². The van der Waals surface area contributed by atoms with Gasteiger partial charge in [-0.1, -0.05) is 13.0 Å². The van der Waals surface area contributed by atoms with Crippen LogP contribution in [-0.4, -0.2) is 47.7 Å². The van der Waals surface area contributed by atoms with Gasteiger partial charge in [-0.2, -0.15) is 0 Å². The molecule has 0 saturated carbocycles. The van der Waals surface area contributed by atoms with E-state index in [1.54, 1.807) is 0 Å². The molecule has 0 aromatic carbocycles. The summed E-state index contributed by atoms with van der Waals surface area (Å²) in [6.45, 7) is 11.2. The first kappa shape index (κ1) is 16.9. The van der Waals surface area contributed by atoms with E-state index in [0.29, 0.717) is 0 Å². The maximum Gasteiger partial charge on any atom is 0.146 e. The second-order valence-corrected chi connectivity index (χ2v) is 8.16. The number of ether oxygens (including phenoxy) is 1. The summed E-state index contributed by atoms with van der Waals surface area (Å²) in [5.74, 6) is 2.67. The van der Waals surface area contributed by atoms with Crippen LogP contribution in [0.2, 0.25) is 0 Å².